The van der Waals surface area contributed by atoms with E-state index in [1.807, 2.05) is 18.7 Å². The second-order valence-corrected chi connectivity index (χ2v) is 6.62. The first kappa shape index (κ1) is 19.8. The van der Waals surface area contributed by atoms with Gasteiger partial charge in [-0.25, -0.2) is 0 Å². The predicted molar refractivity (Wildman–Crippen MR) is 96.3 cm³/mol. The van der Waals surface area contributed by atoms with Gasteiger partial charge in [-0.2, -0.15) is 0 Å². The topological polar surface area (TPSA) is 55.6 Å². The molecule has 4 nitrogen and oxygen atoms in total. The van der Waals surface area contributed by atoms with Crippen LogP contribution in [-0.4, -0.2) is 36.5 Å². The number of carbonyl (C=O) groups excluding carboxylic acids is 1. The average molecular weight is 341 g/mol. The van der Waals surface area contributed by atoms with Crippen molar-refractivity contribution in [3.05, 3.63) is 28.8 Å². The lowest BCUT2D eigenvalue weighted by Crippen LogP contribution is -2.50. The Labute approximate surface area is 145 Å². The Kier molecular flexibility index (Phi) is 7.36. The Balaban J connectivity index is 0.00000264. The fraction of sp³-hybridized carbons (Fsp3) is 0.611. The largest absolute Gasteiger partial charge is 0.483 e. The minimum atomic E-state index is 0. The van der Waals surface area contributed by atoms with Gasteiger partial charge >= 0.3 is 0 Å². The maximum absolute atomic E-state index is 12.5. The predicted octanol–water partition coefficient (Wildman–Crippen LogP) is 3.00. The smallest absolute Gasteiger partial charge is 0.260 e. The van der Waals surface area contributed by atoms with E-state index < -0.39 is 0 Å². The van der Waals surface area contributed by atoms with Crippen LogP contribution in [0, 0.1) is 26.7 Å². The van der Waals surface area contributed by atoms with E-state index in [1.165, 1.54) is 5.56 Å². The molecule has 23 heavy (non-hydrogen) atoms. The number of hydrogen-bond donors (Lipinski definition) is 1. The summed E-state index contributed by atoms with van der Waals surface area (Å²) in [6.45, 7) is 9.73. The highest BCUT2D eigenvalue weighted by molar-refractivity contribution is 5.85. The summed E-state index contributed by atoms with van der Waals surface area (Å²) in [4.78, 5) is 14.4. The summed E-state index contributed by atoms with van der Waals surface area (Å²) in [5, 5.41) is 0. The molecule has 2 rings (SSSR count). The van der Waals surface area contributed by atoms with Crippen LogP contribution in [0.2, 0.25) is 0 Å². The molecule has 0 radical (unpaired) electrons. The molecule has 1 aliphatic heterocycles. The number of benzene rings is 1. The maximum atomic E-state index is 12.5. The number of nitrogens with two attached hydrogens (primary N) is 1. The fourth-order valence-electron chi connectivity index (χ4n) is 3.41. The van der Waals surface area contributed by atoms with E-state index >= 15 is 0 Å². The number of hydrogen-bond acceptors (Lipinski definition) is 3. The number of ether oxygens (including phenoxy) is 1. The molecule has 0 spiro atoms. The quantitative estimate of drug-likeness (QED) is 0.916. The van der Waals surface area contributed by atoms with E-state index in [9.17, 15) is 4.79 Å². The Morgan fingerprint density at radius 2 is 1.91 bits per heavy atom. The molecule has 0 aliphatic carbocycles. The number of halogens is 1. The third-order valence-corrected chi connectivity index (χ3v) is 4.52. The SMILES string of the molecule is Cc1cc(C)c(OCC(=O)N2CCC(C)CC2CN)c(C)c1.Cl. The molecule has 1 heterocycles. The molecule has 2 N–H and O–H groups in total. The highest BCUT2D eigenvalue weighted by Crippen LogP contribution is 2.25. The highest BCUT2D eigenvalue weighted by atomic mass is 35.5. The molecule has 1 aliphatic rings. The standard InChI is InChI=1S/C18H28N2O2.ClH/c1-12-5-6-20(16(9-12)10-19)17(21)11-22-18-14(3)7-13(2)8-15(18)4;/h7-8,12,16H,5-6,9-11,19H2,1-4H3;1H. The monoisotopic (exact) mass is 340 g/mol. The van der Waals surface area contributed by atoms with Gasteiger partial charge in [0.1, 0.15) is 5.75 Å². The molecule has 1 aromatic rings. The van der Waals surface area contributed by atoms with Gasteiger partial charge in [0.25, 0.3) is 5.91 Å². The highest BCUT2D eigenvalue weighted by Gasteiger charge is 2.29. The second-order valence-electron chi connectivity index (χ2n) is 6.62. The van der Waals surface area contributed by atoms with Crippen LogP contribution in [0.3, 0.4) is 0 Å². The number of nitrogens with zero attached hydrogens (tertiary/aromatic N) is 1. The van der Waals surface area contributed by atoms with Crippen molar-refractivity contribution in [2.75, 3.05) is 19.7 Å². The van der Waals surface area contributed by atoms with E-state index in [0.717, 1.165) is 36.3 Å². The molecule has 0 aromatic heterocycles. The lowest BCUT2D eigenvalue weighted by Gasteiger charge is -2.38. The van der Waals surface area contributed by atoms with Crippen LogP contribution in [0.1, 0.15) is 36.5 Å². The third kappa shape index (κ3) is 4.85. The van der Waals surface area contributed by atoms with Crippen molar-refractivity contribution in [3.8, 4) is 5.75 Å². The summed E-state index contributed by atoms with van der Waals surface area (Å²) >= 11 is 0. The summed E-state index contributed by atoms with van der Waals surface area (Å²) in [6, 6.07) is 4.32. The molecule has 1 aromatic carbocycles. The summed E-state index contributed by atoms with van der Waals surface area (Å²) in [7, 11) is 0. The van der Waals surface area contributed by atoms with Crippen LogP contribution in [0.5, 0.6) is 5.75 Å². The van der Waals surface area contributed by atoms with Crippen LogP contribution in [0.15, 0.2) is 12.1 Å². The molecule has 130 valence electrons. The zero-order valence-electron chi connectivity index (χ0n) is 14.6. The van der Waals surface area contributed by atoms with Crippen molar-refractivity contribution in [2.24, 2.45) is 11.7 Å². The van der Waals surface area contributed by atoms with Gasteiger partial charge in [-0.15, -0.1) is 12.4 Å². The number of aryl methyl sites for hydroxylation is 3. The normalized spacial score (nSPS) is 20.8. The molecule has 0 saturated carbocycles. The molecule has 2 atom stereocenters. The van der Waals surface area contributed by atoms with Crippen molar-refractivity contribution in [2.45, 2.75) is 46.6 Å². The minimum Gasteiger partial charge on any atom is -0.483 e. The van der Waals surface area contributed by atoms with Crippen molar-refractivity contribution >= 4 is 18.3 Å². The molecule has 1 saturated heterocycles. The number of amides is 1. The van der Waals surface area contributed by atoms with Gasteiger partial charge in [0.15, 0.2) is 6.61 Å². The fourth-order valence-corrected chi connectivity index (χ4v) is 3.41. The van der Waals surface area contributed by atoms with Gasteiger partial charge in [-0.3, -0.25) is 4.79 Å². The Morgan fingerprint density at radius 1 is 1.30 bits per heavy atom. The molecule has 1 fully saturated rings. The van der Waals surface area contributed by atoms with Crippen molar-refractivity contribution in [1.82, 2.24) is 4.90 Å². The zero-order valence-corrected chi connectivity index (χ0v) is 15.4. The first-order valence-electron chi connectivity index (χ1n) is 8.12. The lowest BCUT2D eigenvalue weighted by atomic mass is 9.92. The van der Waals surface area contributed by atoms with Crippen molar-refractivity contribution in [1.29, 1.82) is 0 Å². The number of carbonyl (C=O) groups is 1. The van der Waals surface area contributed by atoms with Gasteiger partial charge in [0.2, 0.25) is 0 Å². The van der Waals surface area contributed by atoms with Crippen molar-refractivity contribution in [3.63, 3.8) is 0 Å². The van der Waals surface area contributed by atoms with Crippen LogP contribution in [-0.2, 0) is 4.79 Å². The molecule has 5 heteroatoms. The number of rotatable bonds is 4. The van der Waals surface area contributed by atoms with Gasteiger partial charge in [-0.05, 0) is 50.7 Å². The molecular weight excluding hydrogens is 312 g/mol. The Bertz CT molecular complexity index is 525. The van der Waals surface area contributed by atoms with E-state index in [1.54, 1.807) is 0 Å². The van der Waals surface area contributed by atoms with E-state index in [2.05, 4.69) is 26.0 Å². The zero-order chi connectivity index (χ0) is 16.3. The van der Waals surface area contributed by atoms with Gasteiger partial charge in [0, 0.05) is 19.1 Å². The van der Waals surface area contributed by atoms with Gasteiger partial charge < -0.3 is 15.4 Å². The van der Waals surface area contributed by atoms with Crippen LogP contribution in [0.25, 0.3) is 0 Å². The van der Waals surface area contributed by atoms with Crippen LogP contribution in [0.4, 0.5) is 0 Å². The van der Waals surface area contributed by atoms with Gasteiger partial charge in [-0.1, -0.05) is 24.6 Å². The molecule has 0 bridgehead atoms. The summed E-state index contributed by atoms with van der Waals surface area (Å²) in [5.74, 6) is 1.51. The average Bonchev–Trinajstić information content (AvgIpc) is 2.45. The summed E-state index contributed by atoms with van der Waals surface area (Å²) in [5.41, 5.74) is 9.19. The Morgan fingerprint density at radius 3 is 2.48 bits per heavy atom. The Hall–Kier alpha value is -1.26. The van der Waals surface area contributed by atoms with Crippen LogP contribution < -0.4 is 10.5 Å². The minimum absolute atomic E-state index is 0. The van der Waals surface area contributed by atoms with E-state index in [0.29, 0.717) is 12.5 Å². The first-order valence-corrected chi connectivity index (χ1v) is 8.12. The van der Waals surface area contributed by atoms with E-state index in [4.69, 9.17) is 10.5 Å². The first-order chi connectivity index (χ1) is 10.4. The lowest BCUT2D eigenvalue weighted by molar-refractivity contribution is -0.137. The van der Waals surface area contributed by atoms with Crippen molar-refractivity contribution < 1.29 is 9.53 Å². The molecular formula is C18H29ClN2O2. The number of piperidine rings is 1. The van der Waals surface area contributed by atoms with Crippen LogP contribution >= 0.6 is 12.4 Å². The second kappa shape index (κ2) is 8.55. The molecule has 1 amide bonds. The summed E-state index contributed by atoms with van der Waals surface area (Å²) < 4.78 is 5.83. The summed E-state index contributed by atoms with van der Waals surface area (Å²) in [6.07, 6.45) is 2.04. The van der Waals surface area contributed by atoms with E-state index in [-0.39, 0.29) is 31.0 Å². The number of likely N-dealkylation sites (tertiary alicyclic amines) is 1. The molecule has 2 unspecified atom stereocenters. The van der Waals surface area contributed by atoms with Gasteiger partial charge in [0.05, 0.1) is 0 Å². The maximum Gasteiger partial charge on any atom is 0.260 e. The third-order valence-electron chi connectivity index (χ3n) is 4.52.